The molecular weight excluding hydrogens is 472 g/mol. The van der Waals surface area contributed by atoms with E-state index in [2.05, 4.69) is 0 Å². The molecule has 1 saturated heterocycles. The van der Waals surface area contributed by atoms with E-state index in [0.29, 0.717) is 22.0 Å². The molecule has 1 atom stereocenters. The van der Waals surface area contributed by atoms with Crippen molar-refractivity contribution in [3.63, 3.8) is 0 Å². The fourth-order valence-corrected chi connectivity index (χ4v) is 5.90. The lowest BCUT2D eigenvalue weighted by atomic mass is 9.93. The number of carbonyl (C=O) groups excluding carboxylic acids is 2. The normalized spacial score (nSPS) is 17.2. The van der Waals surface area contributed by atoms with Crippen LogP contribution in [0.3, 0.4) is 0 Å². The predicted molar refractivity (Wildman–Crippen MR) is 143 cm³/mol. The zero-order chi connectivity index (χ0) is 25.7. The first-order valence-electron chi connectivity index (χ1n) is 11.6. The average molecular weight is 499 g/mol. The quantitative estimate of drug-likeness (QED) is 0.207. The highest BCUT2D eigenvalue weighted by atomic mass is 32.1. The van der Waals surface area contributed by atoms with Crippen LogP contribution >= 0.6 is 11.3 Å². The monoisotopic (exact) mass is 498 g/mol. The van der Waals surface area contributed by atoms with Gasteiger partial charge in [0, 0.05) is 5.56 Å². The number of anilines is 1. The van der Waals surface area contributed by atoms with Crippen LogP contribution in [0.1, 0.15) is 39.4 Å². The Hall–Kier alpha value is -3.97. The molecule has 0 saturated carbocycles. The zero-order valence-electron chi connectivity index (χ0n) is 20.7. The average Bonchev–Trinajstić information content (AvgIpc) is 3.39. The van der Waals surface area contributed by atoms with Crippen LogP contribution in [0.5, 0.6) is 5.75 Å². The van der Waals surface area contributed by atoms with Gasteiger partial charge in [0.15, 0.2) is 5.13 Å². The Bertz CT molecular complexity index is 1570. The molecule has 0 bridgehead atoms. The summed E-state index contributed by atoms with van der Waals surface area (Å²) in [6.07, 6.45) is 0. The molecule has 3 aromatic carbocycles. The van der Waals surface area contributed by atoms with E-state index < -0.39 is 17.7 Å². The Morgan fingerprint density at radius 3 is 2.36 bits per heavy atom. The summed E-state index contributed by atoms with van der Waals surface area (Å²) in [6.45, 7) is 7.78. The second kappa shape index (κ2) is 8.91. The number of benzene rings is 3. The topological polar surface area (TPSA) is 79.7 Å². The molecule has 4 aromatic rings. The van der Waals surface area contributed by atoms with Crippen molar-refractivity contribution in [1.29, 1.82) is 0 Å². The molecule has 1 aliphatic heterocycles. The smallest absolute Gasteiger partial charge is 0.301 e. The second-order valence-electron chi connectivity index (χ2n) is 9.19. The number of amides is 1. The van der Waals surface area contributed by atoms with Gasteiger partial charge in [-0.1, -0.05) is 47.2 Å². The minimum Gasteiger partial charge on any atom is -0.507 e. The molecule has 1 aromatic heterocycles. The Morgan fingerprint density at radius 2 is 1.67 bits per heavy atom. The van der Waals surface area contributed by atoms with E-state index in [0.717, 1.165) is 32.5 Å². The van der Waals surface area contributed by atoms with Crippen LogP contribution < -0.4 is 9.64 Å². The predicted octanol–water partition coefficient (Wildman–Crippen LogP) is 6.16. The minimum atomic E-state index is -0.835. The Balaban J connectivity index is 1.76. The van der Waals surface area contributed by atoms with Crippen molar-refractivity contribution in [1.82, 2.24) is 4.98 Å². The molecule has 1 fully saturated rings. The van der Waals surface area contributed by atoms with Gasteiger partial charge in [-0.05, 0) is 74.2 Å². The molecule has 1 unspecified atom stereocenters. The Kier molecular flexibility index (Phi) is 5.88. The van der Waals surface area contributed by atoms with Gasteiger partial charge in [0.2, 0.25) is 0 Å². The molecule has 1 amide bonds. The molecular formula is C29H26N2O4S. The highest BCUT2D eigenvalue weighted by Crippen LogP contribution is 2.45. The maximum atomic E-state index is 13.5. The number of aromatic nitrogens is 1. The van der Waals surface area contributed by atoms with Gasteiger partial charge in [-0.25, -0.2) is 4.98 Å². The summed E-state index contributed by atoms with van der Waals surface area (Å²) in [4.78, 5) is 33.2. The third kappa shape index (κ3) is 3.85. The summed E-state index contributed by atoms with van der Waals surface area (Å²) in [5.74, 6) is -0.986. The third-order valence-corrected chi connectivity index (χ3v) is 7.55. The Labute approximate surface area is 213 Å². The van der Waals surface area contributed by atoms with Crippen LogP contribution in [0, 0.1) is 27.7 Å². The van der Waals surface area contributed by atoms with Gasteiger partial charge < -0.3 is 9.84 Å². The summed E-state index contributed by atoms with van der Waals surface area (Å²) in [7, 11) is 1.58. The van der Waals surface area contributed by atoms with Gasteiger partial charge in [-0.3, -0.25) is 14.5 Å². The van der Waals surface area contributed by atoms with Gasteiger partial charge in [0.1, 0.15) is 11.5 Å². The Morgan fingerprint density at radius 1 is 0.944 bits per heavy atom. The standard InChI is InChI=1S/C29H26N2O4S/c1-15-6-7-17(3)21(13-15)26(32)23-25(19-8-10-20(35-5)11-9-19)31(28(34)27(23)33)29-30-24-18(4)12-16(2)14-22(24)36-29/h6-14,25,32H,1-5H3. The second-order valence-corrected chi connectivity index (χ2v) is 10.2. The van der Waals surface area contributed by atoms with Crippen LogP contribution in [0.2, 0.25) is 0 Å². The lowest BCUT2D eigenvalue weighted by molar-refractivity contribution is -0.132. The van der Waals surface area contributed by atoms with Gasteiger partial charge in [0.05, 0.1) is 28.9 Å². The number of nitrogens with zero attached hydrogens (tertiary/aromatic N) is 2. The minimum absolute atomic E-state index is 0.0472. The van der Waals surface area contributed by atoms with E-state index in [1.54, 1.807) is 19.2 Å². The number of aliphatic hydroxyl groups is 1. The van der Waals surface area contributed by atoms with Crippen LogP contribution in [0.25, 0.3) is 16.0 Å². The van der Waals surface area contributed by atoms with Crippen LogP contribution in [0.15, 0.2) is 60.2 Å². The number of carbonyl (C=O) groups is 2. The van der Waals surface area contributed by atoms with E-state index in [-0.39, 0.29) is 11.3 Å². The van der Waals surface area contributed by atoms with Gasteiger partial charge in [-0.2, -0.15) is 0 Å². The molecule has 0 radical (unpaired) electrons. The number of hydrogen-bond donors (Lipinski definition) is 1. The number of methoxy groups -OCH3 is 1. The molecule has 0 spiro atoms. The molecule has 2 heterocycles. The van der Waals surface area contributed by atoms with Gasteiger partial charge >= 0.3 is 5.91 Å². The van der Waals surface area contributed by atoms with E-state index in [9.17, 15) is 14.7 Å². The molecule has 7 heteroatoms. The third-order valence-electron chi connectivity index (χ3n) is 6.55. The number of fused-ring (bicyclic) bond motifs is 1. The molecule has 36 heavy (non-hydrogen) atoms. The van der Waals surface area contributed by atoms with Crippen molar-refractivity contribution in [3.8, 4) is 5.75 Å². The first kappa shape index (κ1) is 23.8. The number of rotatable bonds is 4. The fraction of sp³-hybridized carbons (Fsp3) is 0.207. The van der Waals surface area contributed by atoms with Crippen molar-refractivity contribution >= 4 is 44.1 Å². The molecule has 182 valence electrons. The summed E-state index contributed by atoms with van der Waals surface area (Å²) >= 11 is 1.36. The van der Waals surface area contributed by atoms with Crippen molar-refractivity contribution in [2.75, 3.05) is 12.0 Å². The number of aryl methyl sites for hydroxylation is 4. The number of ketones is 1. The van der Waals surface area contributed by atoms with E-state index in [1.165, 1.54) is 16.2 Å². The molecule has 6 nitrogen and oxygen atoms in total. The highest BCUT2D eigenvalue weighted by Gasteiger charge is 2.48. The van der Waals surface area contributed by atoms with Gasteiger partial charge in [-0.15, -0.1) is 0 Å². The van der Waals surface area contributed by atoms with Crippen molar-refractivity contribution in [3.05, 3.63) is 93.6 Å². The van der Waals surface area contributed by atoms with Gasteiger partial charge in [0.25, 0.3) is 5.78 Å². The lowest BCUT2D eigenvalue weighted by Gasteiger charge is -2.23. The molecule has 1 aliphatic rings. The fourth-order valence-electron chi connectivity index (χ4n) is 4.73. The summed E-state index contributed by atoms with van der Waals surface area (Å²) in [5.41, 5.74) is 5.89. The number of thiazole rings is 1. The lowest BCUT2D eigenvalue weighted by Crippen LogP contribution is -2.29. The molecule has 1 N–H and O–H groups in total. The van der Waals surface area contributed by atoms with Crippen LogP contribution in [-0.2, 0) is 9.59 Å². The summed E-state index contributed by atoms with van der Waals surface area (Å²) in [6, 6.07) is 16.1. The highest BCUT2D eigenvalue weighted by molar-refractivity contribution is 7.22. The largest absolute Gasteiger partial charge is 0.507 e. The maximum absolute atomic E-state index is 13.5. The molecule has 0 aliphatic carbocycles. The SMILES string of the molecule is COc1ccc(C2C(=C(O)c3cc(C)ccc3C)C(=O)C(=O)N2c2nc3c(C)cc(C)cc3s2)cc1. The van der Waals surface area contributed by atoms with Crippen molar-refractivity contribution in [2.24, 2.45) is 0 Å². The number of hydrogen-bond acceptors (Lipinski definition) is 6. The van der Waals surface area contributed by atoms with E-state index in [1.807, 2.05) is 70.2 Å². The summed E-state index contributed by atoms with van der Waals surface area (Å²) < 4.78 is 6.24. The van der Waals surface area contributed by atoms with E-state index in [4.69, 9.17) is 9.72 Å². The van der Waals surface area contributed by atoms with Crippen molar-refractivity contribution in [2.45, 2.75) is 33.7 Å². The maximum Gasteiger partial charge on any atom is 0.301 e. The van der Waals surface area contributed by atoms with Crippen LogP contribution in [-0.4, -0.2) is 28.9 Å². The summed E-state index contributed by atoms with van der Waals surface area (Å²) in [5, 5.41) is 11.9. The molecule has 5 rings (SSSR count). The first-order chi connectivity index (χ1) is 17.2. The first-order valence-corrected chi connectivity index (χ1v) is 12.4. The number of aliphatic hydroxyl groups excluding tert-OH is 1. The number of ether oxygens (including phenoxy) is 1. The van der Waals surface area contributed by atoms with Crippen molar-refractivity contribution < 1.29 is 19.4 Å². The van der Waals surface area contributed by atoms with E-state index >= 15 is 0 Å². The number of Topliss-reactive ketones (excluding diaryl/α,β-unsaturated/α-hetero) is 1. The zero-order valence-corrected chi connectivity index (χ0v) is 21.6. The van der Waals surface area contributed by atoms with Crippen LogP contribution in [0.4, 0.5) is 5.13 Å².